The van der Waals surface area contributed by atoms with E-state index in [2.05, 4.69) is 30.2 Å². The van der Waals surface area contributed by atoms with E-state index in [1.165, 1.54) is 16.7 Å². The summed E-state index contributed by atoms with van der Waals surface area (Å²) in [7, 11) is 3.32. The van der Waals surface area contributed by atoms with Gasteiger partial charge in [-0.15, -0.1) is 0 Å². The van der Waals surface area contributed by atoms with E-state index in [1.807, 2.05) is 31.3 Å². The number of aromatic nitrogens is 1. The van der Waals surface area contributed by atoms with Crippen LogP contribution in [-0.2, 0) is 6.54 Å². The van der Waals surface area contributed by atoms with Crippen molar-refractivity contribution in [2.45, 2.75) is 33.4 Å². The summed E-state index contributed by atoms with van der Waals surface area (Å²) in [5, 5.41) is 3.55. The van der Waals surface area contributed by atoms with Crippen LogP contribution in [0.15, 0.2) is 30.5 Å². The maximum atomic E-state index is 5.40. The van der Waals surface area contributed by atoms with E-state index in [9.17, 15) is 0 Å². The van der Waals surface area contributed by atoms with Gasteiger partial charge in [0.05, 0.1) is 14.2 Å². The lowest BCUT2D eigenvalue weighted by Gasteiger charge is -2.19. The Morgan fingerprint density at radius 3 is 2.41 bits per heavy atom. The van der Waals surface area contributed by atoms with Crippen LogP contribution < -0.4 is 14.8 Å². The number of rotatable bonds is 6. The molecule has 1 atom stereocenters. The number of nitrogens with one attached hydrogen (secondary N) is 1. The highest BCUT2D eigenvalue weighted by Gasteiger charge is 2.13. The Labute approximate surface area is 132 Å². The SMILES string of the molecule is COc1cc(C)c(C(C)NCc2ccnc(C)c2)cc1OC. The van der Waals surface area contributed by atoms with Crippen molar-refractivity contribution in [3.8, 4) is 11.5 Å². The molecule has 1 heterocycles. The predicted octanol–water partition coefficient (Wildman–Crippen LogP) is 3.57. The monoisotopic (exact) mass is 300 g/mol. The van der Waals surface area contributed by atoms with Crippen LogP contribution in [0.2, 0.25) is 0 Å². The molecule has 4 heteroatoms. The first-order valence-corrected chi connectivity index (χ1v) is 7.42. The molecule has 2 rings (SSSR count). The molecule has 0 radical (unpaired) electrons. The van der Waals surface area contributed by atoms with E-state index in [1.54, 1.807) is 14.2 Å². The Morgan fingerprint density at radius 1 is 1.09 bits per heavy atom. The molecule has 0 aliphatic rings. The molecule has 1 aromatic heterocycles. The summed E-state index contributed by atoms with van der Waals surface area (Å²) in [6.07, 6.45) is 1.85. The Morgan fingerprint density at radius 2 is 1.77 bits per heavy atom. The molecule has 22 heavy (non-hydrogen) atoms. The number of nitrogens with zero attached hydrogens (tertiary/aromatic N) is 1. The normalized spacial score (nSPS) is 12.0. The molecule has 2 aromatic rings. The van der Waals surface area contributed by atoms with E-state index in [0.717, 1.165) is 23.7 Å². The predicted molar refractivity (Wildman–Crippen MR) is 88.5 cm³/mol. The van der Waals surface area contributed by atoms with Gasteiger partial charge in [0.1, 0.15) is 0 Å². The van der Waals surface area contributed by atoms with Crippen molar-refractivity contribution < 1.29 is 9.47 Å². The summed E-state index contributed by atoms with van der Waals surface area (Å²) >= 11 is 0. The van der Waals surface area contributed by atoms with Gasteiger partial charge in [0.25, 0.3) is 0 Å². The fraction of sp³-hybridized carbons (Fsp3) is 0.389. The van der Waals surface area contributed by atoms with Crippen molar-refractivity contribution in [1.82, 2.24) is 10.3 Å². The van der Waals surface area contributed by atoms with Crippen molar-refractivity contribution in [3.63, 3.8) is 0 Å². The first-order chi connectivity index (χ1) is 10.5. The minimum absolute atomic E-state index is 0.216. The third-order valence-electron chi connectivity index (χ3n) is 3.81. The zero-order valence-electron chi connectivity index (χ0n) is 13.9. The minimum atomic E-state index is 0.216. The van der Waals surface area contributed by atoms with Crippen LogP contribution in [0.5, 0.6) is 11.5 Å². The van der Waals surface area contributed by atoms with Crippen molar-refractivity contribution in [2.75, 3.05) is 14.2 Å². The summed E-state index contributed by atoms with van der Waals surface area (Å²) < 4.78 is 10.7. The Balaban J connectivity index is 2.13. The van der Waals surface area contributed by atoms with Crippen molar-refractivity contribution in [2.24, 2.45) is 0 Å². The van der Waals surface area contributed by atoms with E-state index in [4.69, 9.17) is 9.47 Å². The first kappa shape index (κ1) is 16.3. The molecule has 0 saturated heterocycles. The quantitative estimate of drug-likeness (QED) is 0.885. The summed E-state index contributed by atoms with van der Waals surface area (Å²) in [5.41, 5.74) is 4.67. The lowest BCUT2D eigenvalue weighted by molar-refractivity contribution is 0.353. The number of pyridine rings is 1. The molecule has 1 aromatic carbocycles. The van der Waals surface area contributed by atoms with Crippen molar-refractivity contribution in [1.29, 1.82) is 0 Å². The van der Waals surface area contributed by atoms with Gasteiger partial charge < -0.3 is 14.8 Å². The zero-order chi connectivity index (χ0) is 16.1. The second-order valence-electron chi connectivity index (χ2n) is 5.47. The van der Waals surface area contributed by atoms with E-state index >= 15 is 0 Å². The highest BCUT2D eigenvalue weighted by Crippen LogP contribution is 2.32. The average molecular weight is 300 g/mol. The van der Waals surface area contributed by atoms with Crippen LogP contribution in [0, 0.1) is 13.8 Å². The lowest BCUT2D eigenvalue weighted by Crippen LogP contribution is -2.19. The minimum Gasteiger partial charge on any atom is -0.493 e. The average Bonchev–Trinajstić information content (AvgIpc) is 2.52. The summed E-state index contributed by atoms with van der Waals surface area (Å²) in [6.45, 7) is 7.05. The van der Waals surface area contributed by atoms with Gasteiger partial charge in [0.2, 0.25) is 0 Å². The van der Waals surface area contributed by atoms with Crippen LogP contribution in [0.3, 0.4) is 0 Å². The van der Waals surface area contributed by atoms with Crippen molar-refractivity contribution >= 4 is 0 Å². The number of ether oxygens (including phenoxy) is 2. The first-order valence-electron chi connectivity index (χ1n) is 7.42. The fourth-order valence-corrected chi connectivity index (χ4v) is 2.56. The van der Waals surface area contributed by atoms with Gasteiger partial charge in [-0.2, -0.15) is 0 Å². The van der Waals surface area contributed by atoms with Gasteiger partial charge in [0, 0.05) is 24.5 Å². The zero-order valence-corrected chi connectivity index (χ0v) is 13.9. The Hall–Kier alpha value is -2.07. The molecule has 1 N–H and O–H groups in total. The third-order valence-corrected chi connectivity index (χ3v) is 3.81. The van der Waals surface area contributed by atoms with Crippen LogP contribution in [0.25, 0.3) is 0 Å². The third kappa shape index (κ3) is 3.77. The van der Waals surface area contributed by atoms with Crippen LogP contribution in [0.4, 0.5) is 0 Å². The molecular weight excluding hydrogens is 276 g/mol. The van der Waals surface area contributed by atoms with Gasteiger partial charge in [0.15, 0.2) is 11.5 Å². The molecule has 0 aliphatic heterocycles. The van der Waals surface area contributed by atoms with Crippen LogP contribution in [-0.4, -0.2) is 19.2 Å². The highest BCUT2D eigenvalue weighted by molar-refractivity contribution is 5.48. The van der Waals surface area contributed by atoms with E-state index in [0.29, 0.717) is 0 Å². The Bertz CT molecular complexity index is 641. The van der Waals surface area contributed by atoms with Gasteiger partial charge >= 0.3 is 0 Å². The van der Waals surface area contributed by atoms with Gasteiger partial charge in [-0.1, -0.05) is 0 Å². The number of hydrogen-bond acceptors (Lipinski definition) is 4. The molecule has 0 amide bonds. The smallest absolute Gasteiger partial charge is 0.161 e. The van der Waals surface area contributed by atoms with E-state index < -0.39 is 0 Å². The van der Waals surface area contributed by atoms with Gasteiger partial charge in [-0.05, 0) is 61.7 Å². The fourth-order valence-electron chi connectivity index (χ4n) is 2.56. The maximum Gasteiger partial charge on any atom is 0.161 e. The summed E-state index contributed by atoms with van der Waals surface area (Å²) in [6, 6.07) is 8.41. The van der Waals surface area contributed by atoms with E-state index in [-0.39, 0.29) is 6.04 Å². The molecule has 118 valence electrons. The molecule has 0 spiro atoms. The standard InChI is InChI=1S/C18H24N2O2/c1-12-8-17(21-4)18(22-5)10-16(12)14(3)20-11-15-6-7-19-13(2)9-15/h6-10,14,20H,11H2,1-5H3. The summed E-state index contributed by atoms with van der Waals surface area (Å²) in [5.74, 6) is 1.53. The maximum absolute atomic E-state index is 5.40. The van der Waals surface area contributed by atoms with Crippen molar-refractivity contribution in [3.05, 3.63) is 52.8 Å². The molecule has 1 unspecified atom stereocenters. The van der Waals surface area contributed by atoms with Crippen LogP contribution >= 0.6 is 0 Å². The Kier molecular flexibility index (Phi) is 5.39. The molecule has 0 saturated carbocycles. The topological polar surface area (TPSA) is 43.4 Å². The largest absolute Gasteiger partial charge is 0.493 e. The number of aryl methyl sites for hydroxylation is 2. The molecule has 0 fully saturated rings. The number of hydrogen-bond donors (Lipinski definition) is 1. The number of benzene rings is 1. The van der Waals surface area contributed by atoms with Gasteiger partial charge in [-0.3, -0.25) is 4.98 Å². The molecular formula is C18H24N2O2. The molecule has 0 aliphatic carbocycles. The van der Waals surface area contributed by atoms with Gasteiger partial charge in [-0.25, -0.2) is 0 Å². The summed E-state index contributed by atoms with van der Waals surface area (Å²) in [4.78, 5) is 4.22. The molecule has 0 bridgehead atoms. The second kappa shape index (κ2) is 7.27. The second-order valence-corrected chi connectivity index (χ2v) is 5.47. The van der Waals surface area contributed by atoms with Crippen LogP contribution in [0.1, 0.15) is 35.3 Å². The number of methoxy groups -OCH3 is 2. The lowest BCUT2D eigenvalue weighted by atomic mass is 10.0. The molecule has 4 nitrogen and oxygen atoms in total. The highest BCUT2D eigenvalue weighted by atomic mass is 16.5.